The van der Waals surface area contributed by atoms with Crippen molar-refractivity contribution in [2.45, 2.75) is 33.4 Å². The zero-order chi connectivity index (χ0) is 30.8. The average molecular weight is 858 g/mol. The van der Waals surface area contributed by atoms with E-state index in [2.05, 4.69) is 45.2 Å². The number of thiazole rings is 1. The second kappa shape index (κ2) is 13.8. The van der Waals surface area contributed by atoms with Crippen LogP contribution in [0.25, 0.3) is 6.08 Å². The highest BCUT2D eigenvalue weighted by Crippen LogP contribution is 2.33. The summed E-state index contributed by atoms with van der Waals surface area (Å²) in [5, 5.41) is 1.24. The molecule has 1 amide bonds. The molecule has 222 valence electrons. The fourth-order valence-electron chi connectivity index (χ4n) is 4.95. The van der Waals surface area contributed by atoms with Crippen molar-refractivity contribution < 1.29 is 9.53 Å². The van der Waals surface area contributed by atoms with Crippen LogP contribution in [-0.4, -0.2) is 28.5 Å². The molecule has 11 heteroatoms. The zero-order valence-electron chi connectivity index (χ0n) is 23.5. The lowest BCUT2D eigenvalue weighted by molar-refractivity contribution is -0.127. The highest BCUT2D eigenvalue weighted by atomic mass is 127. The van der Waals surface area contributed by atoms with Crippen LogP contribution in [0.4, 0.5) is 0 Å². The number of likely N-dealkylation sites (N-methyl/N-ethyl adjacent to an activating group) is 1. The second-order valence-corrected chi connectivity index (χ2v) is 14.0. The van der Waals surface area contributed by atoms with Crippen LogP contribution in [0.1, 0.15) is 43.5 Å². The highest BCUT2D eigenvalue weighted by Gasteiger charge is 2.34. The Kier molecular flexibility index (Phi) is 10.4. The van der Waals surface area contributed by atoms with Crippen LogP contribution in [0, 0.1) is 7.14 Å². The van der Waals surface area contributed by atoms with Gasteiger partial charge in [0.1, 0.15) is 12.4 Å². The summed E-state index contributed by atoms with van der Waals surface area (Å²) in [5.74, 6) is 0.634. The molecule has 0 bridgehead atoms. The van der Waals surface area contributed by atoms with Crippen molar-refractivity contribution in [3.63, 3.8) is 0 Å². The molecule has 6 nitrogen and oxygen atoms in total. The molecular formula is C32H27Cl2I2N3O3S. The normalized spacial score (nSPS) is 14.9. The van der Waals surface area contributed by atoms with Gasteiger partial charge in [-0.3, -0.25) is 14.2 Å². The third kappa shape index (κ3) is 6.75. The predicted molar refractivity (Wildman–Crippen MR) is 191 cm³/mol. The molecule has 1 aliphatic heterocycles. The Balaban J connectivity index is 1.57. The van der Waals surface area contributed by atoms with Gasteiger partial charge in [0.2, 0.25) is 0 Å². The molecule has 43 heavy (non-hydrogen) atoms. The maximum atomic E-state index is 14.0. The Hall–Kier alpha value is -2.19. The SMILES string of the molecule is CCN(CC)C(=O)C1=C(C)N=c2s/c(=C/c3cc(I)c(OCc4ccccc4Cl)c(I)c3)c(=O)n2[C@H]1c1ccc(Cl)cc1. The molecule has 0 aliphatic carbocycles. The number of amides is 1. The van der Waals surface area contributed by atoms with Gasteiger partial charge in [-0.15, -0.1) is 0 Å². The minimum atomic E-state index is -0.621. The number of benzene rings is 3. The fourth-order valence-corrected chi connectivity index (χ4v) is 8.44. The van der Waals surface area contributed by atoms with Gasteiger partial charge < -0.3 is 9.64 Å². The summed E-state index contributed by atoms with van der Waals surface area (Å²) in [5.41, 5.74) is 3.46. The molecule has 3 aromatic carbocycles. The standard InChI is InChI=1S/C32H27Cl2I2N3O3S/c1-4-38(5-2)31(41)27-18(3)37-32-39(28(27)20-10-12-22(33)13-11-20)30(40)26(43-32)16-19-14-24(35)29(25(36)15-19)42-17-21-8-6-7-9-23(21)34/h6-16,28H,4-5,17H2,1-3H3/b26-16+/t28-/m0/s1. The van der Waals surface area contributed by atoms with Gasteiger partial charge in [0, 0.05) is 28.7 Å². The summed E-state index contributed by atoms with van der Waals surface area (Å²) >= 11 is 18.3. The number of nitrogens with zero attached hydrogens (tertiary/aromatic N) is 3. The molecule has 1 aromatic heterocycles. The van der Waals surface area contributed by atoms with E-state index in [0.717, 1.165) is 29.6 Å². The van der Waals surface area contributed by atoms with Gasteiger partial charge in [0.05, 0.1) is 29.0 Å². The Morgan fingerprint density at radius 3 is 2.35 bits per heavy atom. The van der Waals surface area contributed by atoms with E-state index in [1.165, 1.54) is 11.3 Å². The number of carbonyl (C=O) groups is 1. The number of fused-ring (bicyclic) bond motifs is 1. The van der Waals surface area contributed by atoms with Crippen molar-refractivity contribution in [2.75, 3.05) is 13.1 Å². The first-order valence-corrected chi connectivity index (χ1v) is 17.3. The summed E-state index contributed by atoms with van der Waals surface area (Å²) in [6, 6.07) is 18.2. The van der Waals surface area contributed by atoms with Crippen LogP contribution in [0.5, 0.6) is 5.75 Å². The van der Waals surface area contributed by atoms with E-state index < -0.39 is 6.04 Å². The van der Waals surface area contributed by atoms with E-state index in [1.54, 1.807) is 21.6 Å². The summed E-state index contributed by atoms with van der Waals surface area (Å²) in [4.78, 5) is 34.9. The number of rotatable bonds is 8. The summed E-state index contributed by atoms with van der Waals surface area (Å²) in [6.07, 6.45) is 1.87. The van der Waals surface area contributed by atoms with E-state index in [1.807, 2.05) is 75.4 Å². The first-order chi connectivity index (χ1) is 20.6. The number of allylic oxidation sites excluding steroid dienone is 1. The lowest BCUT2D eigenvalue weighted by atomic mass is 9.94. The molecule has 2 heterocycles. The average Bonchev–Trinajstić information content (AvgIpc) is 3.27. The molecule has 0 unspecified atom stereocenters. The molecule has 0 spiro atoms. The third-order valence-corrected chi connectivity index (χ3v) is 10.3. The number of hydrogen-bond donors (Lipinski definition) is 0. The first kappa shape index (κ1) is 32.2. The van der Waals surface area contributed by atoms with Gasteiger partial charge in [-0.25, -0.2) is 4.99 Å². The van der Waals surface area contributed by atoms with Gasteiger partial charge >= 0.3 is 0 Å². The van der Waals surface area contributed by atoms with Crippen LogP contribution in [0.3, 0.4) is 0 Å². The summed E-state index contributed by atoms with van der Waals surface area (Å²) in [6.45, 7) is 7.18. The molecule has 4 aromatic rings. The zero-order valence-corrected chi connectivity index (χ0v) is 30.2. The number of carbonyl (C=O) groups excluding carboxylic acids is 1. The van der Waals surface area contributed by atoms with E-state index in [-0.39, 0.29) is 11.5 Å². The van der Waals surface area contributed by atoms with Crippen molar-refractivity contribution >= 4 is 91.7 Å². The molecule has 1 atom stereocenters. The maximum absolute atomic E-state index is 14.0. The molecule has 5 rings (SSSR count). The van der Waals surface area contributed by atoms with E-state index in [0.29, 0.717) is 50.3 Å². The number of hydrogen-bond acceptors (Lipinski definition) is 5. The lowest BCUT2D eigenvalue weighted by Crippen LogP contribution is -2.43. The number of halogens is 4. The molecule has 0 saturated heterocycles. The predicted octanol–water partition coefficient (Wildman–Crippen LogP) is 7.20. The van der Waals surface area contributed by atoms with Gasteiger partial charge in [-0.2, -0.15) is 0 Å². The van der Waals surface area contributed by atoms with Crippen molar-refractivity contribution in [3.8, 4) is 5.75 Å². The molecule has 0 N–H and O–H groups in total. The maximum Gasteiger partial charge on any atom is 0.271 e. The van der Waals surface area contributed by atoms with Crippen LogP contribution >= 0.6 is 79.7 Å². The Morgan fingerprint density at radius 2 is 1.72 bits per heavy atom. The van der Waals surface area contributed by atoms with Crippen LogP contribution < -0.4 is 19.6 Å². The molecule has 0 fully saturated rings. The van der Waals surface area contributed by atoms with E-state index >= 15 is 0 Å². The highest BCUT2D eigenvalue weighted by molar-refractivity contribution is 14.1. The minimum absolute atomic E-state index is 0.128. The second-order valence-electron chi connectivity index (χ2n) is 9.80. The van der Waals surface area contributed by atoms with Crippen molar-refractivity contribution in [2.24, 2.45) is 4.99 Å². The first-order valence-electron chi connectivity index (χ1n) is 13.5. The van der Waals surface area contributed by atoms with Crippen LogP contribution in [-0.2, 0) is 11.4 Å². The van der Waals surface area contributed by atoms with E-state index in [9.17, 15) is 9.59 Å². The van der Waals surface area contributed by atoms with Gasteiger partial charge in [0.25, 0.3) is 11.5 Å². The van der Waals surface area contributed by atoms with E-state index in [4.69, 9.17) is 32.9 Å². The van der Waals surface area contributed by atoms with Crippen molar-refractivity contribution in [1.29, 1.82) is 0 Å². The smallest absolute Gasteiger partial charge is 0.271 e. The number of aromatic nitrogens is 1. The Bertz CT molecular complexity index is 1890. The van der Waals surface area contributed by atoms with Gasteiger partial charge in [-0.05, 0) is 113 Å². The van der Waals surface area contributed by atoms with Gasteiger partial charge in [-0.1, -0.05) is 64.9 Å². The number of ether oxygens (including phenoxy) is 1. The summed E-state index contributed by atoms with van der Waals surface area (Å²) in [7, 11) is 0. The Labute approximate surface area is 291 Å². The minimum Gasteiger partial charge on any atom is -0.487 e. The molecule has 0 radical (unpaired) electrons. The largest absolute Gasteiger partial charge is 0.487 e. The Morgan fingerprint density at radius 1 is 1.07 bits per heavy atom. The summed E-state index contributed by atoms with van der Waals surface area (Å²) < 4.78 is 10.1. The van der Waals surface area contributed by atoms with Crippen molar-refractivity contribution in [3.05, 3.63) is 125 Å². The van der Waals surface area contributed by atoms with Crippen LogP contribution in [0.2, 0.25) is 10.0 Å². The molecular weight excluding hydrogens is 831 g/mol. The third-order valence-electron chi connectivity index (χ3n) is 7.14. The quantitative estimate of drug-likeness (QED) is 0.176. The lowest BCUT2D eigenvalue weighted by Gasteiger charge is -2.29. The van der Waals surface area contributed by atoms with Gasteiger partial charge in [0.15, 0.2) is 4.80 Å². The van der Waals surface area contributed by atoms with Crippen molar-refractivity contribution in [1.82, 2.24) is 9.47 Å². The molecule has 0 saturated carbocycles. The monoisotopic (exact) mass is 857 g/mol. The van der Waals surface area contributed by atoms with Crippen LogP contribution in [0.15, 0.2) is 81.7 Å². The fraction of sp³-hybridized carbons (Fsp3) is 0.219. The topological polar surface area (TPSA) is 63.9 Å². The molecule has 1 aliphatic rings.